The van der Waals surface area contributed by atoms with Gasteiger partial charge in [0.1, 0.15) is 6.04 Å². The van der Waals surface area contributed by atoms with Crippen LogP contribution >= 0.6 is 12.4 Å². The van der Waals surface area contributed by atoms with Crippen LogP contribution in [0.1, 0.15) is 52.0 Å². The van der Waals surface area contributed by atoms with Gasteiger partial charge in [-0.15, -0.1) is 12.4 Å². The molecule has 3 atom stereocenters. The lowest BCUT2D eigenvalue weighted by Gasteiger charge is -2.35. The Bertz CT molecular complexity index is 1140. The lowest BCUT2D eigenvalue weighted by atomic mass is 9.91. The highest BCUT2D eigenvalue weighted by molar-refractivity contribution is 6.04. The molecule has 9 heteroatoms. The van der Waals surface area contributed by atoms with E-state index in [1.54, 1.807) is 20.8 Å². The summed E-state index contributed by atoms with van der Waals surface area (Å²) < 4.78 is 0. The van der Waals surface area contributed by atoms with Gasteiger partial charge in [-0.25, -0.2) is 0 Å². The summed E-state index contributed by atoms with van der Waals surface area (Å²) >= 11 is 0. The van der Waals surface area contributed by atoms with Crippen LogP contribution in [0, 0.1) is 11.3 Å². The van der Waals surface area contributed by atoms with Crippen molar-refractivity contribution in [1.29, 1.82) is 0 Å². The fourth-order valence-corrected chi connectivity index (χ4v) is 4.89. The number of carbonyl (C=O) groups is 3. The monoisotopic (exact) mass is 558 g/mol. The Labute approximate surface area is 237 Å². The van der Waals surface area contributed by atoms with Crippen LogP contribution in [0.2, 0.25) is 0 Å². The Morgan fingerprint density at radius 2 is 1.77 bits per heavy atom. The minimum absolute atomic E-state index is 0. The Balaban J connectivity index is 0.00000420. The van der Waals surface area contributed by atoms with E-state index in [0.717, 1.165) is 29.3 Å². The number of aliphatic hydroxyl groups is 1. The van der Waals surface area contributed by atoms with Gasteiger partial charge in [0.2, 0.25) is 17.7 Å². The third-order valence-electron chi connectivity index (χ3n) is 7.34. The van der Waals surface area contributed by atoms with Crippen LogP contribution in [0.3, 0.4) is 0 Å². The molecule has 1 heterocycles. The largest absolute Gasteiger partial charge is 0.390 e. The van der Waals surface area contributed by atoms with Crippen LogP contribution in [0.5, 0.6) is 0 Å². The fourth-order valence-electron chi connectivity index (χ4n) is 4.89. The topological polar surface area (TPSA) is 111 Å². The first-order valence-corrected chi connectivity index (χ1v) is 13.9. The first-order chi connectivity index (χ1) is 18.1. The van der Waals surface area contributed by atoms with E-state index in [-0.39, 0.29) is 37.2 Å². The summed E-state index contributed by atoms with van der Waals surface area (Å²) in [6.07, 6.45) is 3.33. The molecule has 2 aromatic rings. The zero-order chi connectivity index (χ0) is 27.3. The summed E-state index contributed by atoms with van der Waals surface area (Å²) in [5, 5.41) is 21.8. The van der Waals surface area contributed by atoms with E-state index in [2.05, 4.69) is 16.0 Å². The molecule has 2 aliphatic rings. The van der Waals surface area contributed by atoms with E-state index in [4.69, 9.17) is 0 Å². The van der Waals surface area contributed by atoms with Gasteiger partial charge in [-0.2, -0.15) is 0 Å². The van der Waals surface area contributed by atoms with Crippen molar-refractivity contribution in [2.45, 2.75) is 71.1 Å². The molecule has 1 saturated carbocycles. The summed E-state index contributed by atoms with van der Waals surface area (Å²) in [5.41, 5.74) is -0.00279. The molecule has 2 aromatic carbocycles. The normalized spacial score (nSPS) is 18.7. The molecule has 8 nitrogen and oxygen atoms in total. The maximum Gasteiger partial charge on any atom is 0.247 e. The average molecular weight is 559 g/mol. The molecule has 214 valence electrons. The minimum atomic E-state index is -1.04. The quantitative estimate of drug-likeness (QED) is 0.337. The highest BCUT2D eigenvalue weighted by atomic mass is 35.5. The maximum atomic E-state index is 13.7. The number of carbonyl (C=O) groups excluding carboxylic acids is 3. The zero-order valence-corrected chi connectivity index (χ0v) is 24.1. The van der Waals surface area contributed by atoms with Gasteiger partial charge in [0, 0.05) is 24.9 Å². The molecule has 1 aliphatic carbocycles. The molecule has 1 unspecified atom stereocenters. The van der Waals surface area contributed by atoms with E-state index < -0.39 is 29.5 Å². The Hall–Kier alpha value is -2.52. The van der Waals surface area contributed by atoms with Gasteiger partial charge < -0.3 is 21.1 Å². The predicted molar refractivity (Wildman–Crippen MR) is 156 cm³/mol. The second-order valence-corrected chi connectivity index (χ2v) is 11.8. The van der Waals surface area contributed by atoms with E-state index >= 15 is 0 Å². The number of hydrogen-bond acceptors (Lipinski definition) is 6. The highest BCUT2D eigenvalue weighted by Gasteiger charge is 2.42. The smallest absolute Gasteiger partial charge is 0.247 e. The van der Waals surface area contributed by atoms with Crippen molar-refractivity contribution in [2.75, 3.05) is 26.2 Å². The van der Waals surface area contributed by atoms with Crippen LogP contribution in [-0.2, 0) is 20.8 Å². The van der Waals surface area contributed by atoms with Crippen molar-refractivity contribution in [2.24, 2.45) is 11.3 Å². The molecule has 4 N–H and O–H groups in total. The van der Waals surface area contributed by atoms with Crippen molar-refractivity contribution in [3.63, 3.8) is 0 Å². The summed E-state index contributed by atoms with van der Waals surface area (Å²) in [7, 11) is 0. The molecule has 0 aromatic heterocycles. The number of benzene rings is 2. The molecule has 1 aliphatic heterocycles. The van der Waals surface area contributed by atoms with Crippen LogP contribution in [0.25, 0.3) is 10.8 Å². The third kappa shape index (κ3) is 8.48. The van der Waals surface area contributed by atoms with Crippen LogP contribution in [0.15, 0.2) is 42.5 Å². The van der Waals surface area contributed by atoms with Crippen molar-refractivity contribution in [3.05, 3.63) is 48.0 Å². The van der Waals surface area contributed by atoms with Crippen molar-refractivity contribution >= 4 is 40.9 Å². The third-order valence-corrected chi connectivity index (χ3v) is 7.34. The van der Waals surface area contributed by atoms with Gasteiger partial charge in [0.05, 0.1) is 12.1 Å². The highest BCUT2D eigenvalue weighted by Crippen LogP contribution is 2.27. The summed E-state index contributed by atoms with van der Waals surface area (Å²) in [5.74, 6) is -0.502. The van der Waals surface area contributed by atoms with Gasteiger partial charge in [0.25, 0.3) is 0 Å². The van der Waals surface area contributed by atoms with Crippen LogP contribution in [0.4, 0.5) is 0 Å². The van der Waals surface area contributed by atoms with Gasteiger partial charge in [0.15, 0.2) is 0 Å². The van der Waals surface area contributed by atoms with Crippen LogP contribution < -0.4 is 16.0 Å². The number of amides is 3. The first-order valence-electron chi connectivity index (χ1n) is 13.9. The summed E-state index contributed by atoms with van der Waals surface area (Å²) in [4.78, 5) is 42.3. The number of nitrogens with one attached hydrogen (secondary N) is 3. The number of rotatable bonds is 11. The molecular weight excluding hydrogens is 516 g/mol. The number of nitrogens with zero attached hydrogens (tertiary/aromatic N) is 1. The molecule has 0 spiro atoms. The number of imide groups is 1. The lowest BCUT2D eigenvalue weighted by molar-refractivity contribution is -0.157. The maximum absolute atomic E-state index is 13.7. The van der Waals surface area contributed by atoms with E-state index in [1.807, 2.05) is 42.5 Å². The summed E-state index contributed by atoms with van der Waals surface area (Å²) in [6, 6.07) is 12.4. The van der Waals surface area contributed by atoms with Crippen LogP contribution in [-0.4, -0.2) is 72.1 Å². The molecule has 2 fully saturated rings. The standard InChI is InChI=1S/C30H42N4O4.ClH/c1-30(2,3)29(38)34(28(37)25-9-6-14-32-25)26(16-21-12-13-22-7-4-5-8-23(22)15-21)27(36)33-19-24(35)18-31-17-20-10-11-20;/h4-5,7-8,12-13,15,20,24-26,31-32,35H,6,9-11,14,16-19H2,1-3H3,(H,33,36);1H/t24?,25-,26+;/m0./s1. The number of halogens is 1. The second-order valence-electron chi connectivity index (χ2n) is 11.8. The SMILES string of the molecule is CC(C)(C)C(=O)N(C(=O)[C@@H]1CCCN1)[C@H](Cc1ccc2ccccc2c1)C(=O)NCC(O)CNCC1CC1.Cl. The van der Waals surface area contributed by atoms with Gasteiger partial charge >= 0.3 is 0 Å². The van der Waals surface area contributed by atoms with E-state index in [9.17, 15) is 19.5 Å². The zero-order valence-electron chi connectivity index (χ0n) is 23.2. The lowest BCUT2D eigenvalue weighted by Crippen LogP contribution is -2.60. The van der Waals surface area contributed by atoms with Gasteiger partial charge in [-0.05, 0) is 61.0 Å². The van der Waals surface area contributed by atoms with Crippen molar-refractivity contribution < 1.29 is 19.5 Å². The number of fused-ring (bicyclic) bond motifs is 1. The van der Waals surface area contributed by atoms with Gasteiger partial charge in [-0.3, -0.25) is 19.3 Å². The van der Waals surface area contributed by atoms with Crippen molar-refractivity contribution in [1.82, 2.24) is 20.9 Å². The first kappa shape index (κ1) is 31.0. The molecule has 1 saturated heterocycles. The fraction of sp³-hybridized carbons (Fsp3) is 0.567. The van der Waals surface area contributed by atoms with Gasteiger partial charge in [-0.1, -0.05) is 63.2 Å². The minimum Gasteiger partial charge on any atom is -0.390 e. The van der Waals surface area contributed by atoms with E-state index in [1.165, 1.54) is 17.7 Å². The average Bonchev–Trinajstić information content (AvgIpc) is 3.54. The molecule has 0 radical (unpaired) electrons. The van der Waals surface area contributed by atoms with E-state index in [0.29, 0.717) is 25.4 Å². The Morgan fingerprint density at radius 1 is 1.05 bits per heavy atom. The molecular formula is C30H43ClN4O4. The predicted octanol–water partition coefficient (Wildman–Crippen LogP) is 2.80. The Morgan fingerprint density at radius 3 is 2.41 bits per heavy atom. The molecule has 3 amide bonds. The number of hydrogen-bond donors (Lipinski definition) is 4. The molecule has 0 bridgehead atoms. The molecule has 39 heavy (non-hydrogen) atoms. The van der Waals surface area contributed by atoms with Crippen molar-refractivity contribution in [3.8, 4) is 0 Å². The molecule has 4 rings (SSSR count). The summed E-state index contributed by atoms with van der Waals surface area (Å²) in [6.45, 7) is 7.27. The Kier molecular flexibility index (Phi) is 10.9. The second kappa shape index (κ2) is 13.7. The number of aliphatic hydroxyl groups excluding tert-OH is 1.